The number of rotatable bonds is 3. The SMILES string of the molecule is C[C@@H](O)CSc1ccc(Cl)c(Cl)c1. The zero-order chi connectivity index (χ0) is 9.84. The van der Waals surface area contributed by atoms with Crippen molar-refractivity contribution in [3.63, 3.8) is 0 Å². The maximum Gasteiger partial charge on any atom is 0.0606 e. The molecule has 1 N–H and O–H groups in total. The molecule has 0 unspecified atom stereocenters. The summed E-state index contributed by atoms with van der Waals surface area (Å²) >= 11 is 13.1. The van der Waals surface area contributed by atoms with Crippen LogP contribution in [0.1, 0.15) is 6.92 Å². The maximum absolute atomic E-state index is 9.06. The van der Waals surface area contributed by atoms with Gasteiger partial charge >= 0.3 is 0 Å². The third-order valence-electron chi connectivity index (χ3n) is 1.38. The molecule has 0 aliphatic rings. The second-order valence-electron chi connectivity index (χ2n) is 2.74. The monoisotopic (exact) mass is 236 g/mol. The average molecular weight is 237 g/mol. The van der Waals surface area contributed by atoms with Crippen molar-refractivity contribution in [3.05, 3.63) is 28.2 Å². The summed E-state index contributed by atoms with van der Waals surface area (Å²) in [5.41, 5.74) is 0. The zero-order valence-corrected chi connectivity index (χ0v) is 9.46. The molecule has 0 saturated heterocycles. The highest BCUT2D eigenvalue weighted by atomic mass is 35.5. The molecule has 1 aromatic carbocycles. The van der Waals surface area contributed by atoms with Gasteiger partial charge in [0.2, 0.25) is 0 Å². The molecule has 0 bridgehead atoms. The van der Waals surface area contributed by atoms with Gasteiger partial charge in [0, 0.05) is 10.6 Å². The first-order chi connectivity index (χ1) is 6.09. The molecule has 0 fully saturated rings. The minimum atomic E-state index is -0.306. The van der Waals surface area contributed by atoms with Crippen molar-refractivity contribution in [3.8, 4) is 0 Å². The maximum atomic E-state index is 9.06. The Bertz CT molecular complexity index is 289. The molecule has 0 amide bonds. The second kappa shape index (κ2) is 5.11. The van der Waals surface area contributed by atoms with Gasteiger partial charge in [0.25, 0.3) is 0 Å². The predicted molar refractivity (Wildman–Crippen MR) is 58.9 cm³/mol. The van der Waals surface area contributed by atoms with Crippen molar-refractivity contribution in [2.75, 3.05) is 5.75 Å². The normalized spacial score (nSPS) is 12.9. The van der Waals surface area contributed by atoms with Gasteiger partial charge in [0.1, 0.15) is 0 Å². The number of hydrogen-bond acceptors (Lipinski definition) is 2. The van der Waals surface area contributed by atoms with Crippen LogP contribution in [-0.2, 0) is 0 Å². The van der Waals surface area contributed by atoms with Gasteiger partial charge in [-0.15, -0.1) is 11.8 Å². The van der Waals surface area contributed by atoms with E-state index in [-0.39, 0.29) is 6.10 Å². The van der Waals surface area contributed by atoms with Crippen LogP contribution in [0.3, 0.4) is 0 Å². The Morgan fingerprint density at radius 1 is 1.38 bits per heavy atom. The molecule has 13 heavy (non-hydrogen) atoms. The van der Waals surface area contributed by atoms with E-state index in [0.717, 1.165) is 4.90 Å². The first-order valence-electron chi connectivity index (χ1n) is 3.85. The molecule has 1 rings (SSSR count). The lowest BCUT2D eigenvalue weighted by Gasteiger charge is -2.04. The van der Waals surface area contributed by atoms with E-state index in [2.05, 4.69) is 0 Å². The molecule has 0 aromatic heterocycles. The number of thioether (sulfide) groups is 1. The molecule has 1 atom stereocenters. The smallest absolute Gasteiger partial charge is 0.0606 e. The lowest BCUT2D eigenvalue weighted by molar-refractivity contribution is 0.220. The fraction of sp³-hybridized carbons (Fsp3) is 0.333. The van der Waals surface area contributed by atoms with Crippen LogP contribution in [0.5, 0.6) is 0 Å². The Morgan fingerprint density at radius 2 is 2.08 bits per heavy atom. The fourth-order valence-electron chi connectivity index (χ4n) is 0.783. The highest BCUT2D eigenvalue weighted by Crippen LogP contribution is 2.28. The summed E-state index contributed by atoms with van der Waals surface area (Å²) in [4.78, 5) is 1.02. The summed E-state index contributed by atoms with van der Waals surface area (Å²) in [5, 5.41) is 10.2. The van der Waals surface area contributed by atoms with E-state index in [1.54, 1.807) is 30.8 Å². The summed E-state index contributed by atoms with van der Waals surface area (Å²) in [6.07, 6.45) is -0.306. The first-order valence-corrected chi connectivity index (χ1v) is 5.59. The van der Waals surface area contributed by atoms with Gasteiger partial charge in [-0.05, 0) is 25.1 Å². The van der Waals surface area contributed by atoms with Gasteiger partial charge in [0.05, 0.1) is 16.1 Å². The van der Waals surface area contributed by atoms with Gasteiger partial charge in [-0.25, -0.2) is 0 Å². The van der Waals surface area contributed by atoms with E-state index in [1.165, 1.54) is 0 Å². The summed E-state index contributed by atoms with van der Waals surface area (Å²) < 4.78 is 0. The van der Waals surface area contributed by atoms with Crippen LogP contribution in [0, 0.1) is 0 Å². The highest BCUT2D eigenvalue weighted by molar-refractivity contribution is 7.99. The van der Waals surface area contributed by atoms with Crippen LogP contribution >= 0.6 is 35.0 Å². The van der Waals surface area contributed by atoms with E-state index in [0.29, 0.717) is 15.8 Å². The molecule has 0 aliphatic heterocycles. The summed E-state index contributed by atoms with van der Waals surface area (Å²) in [6, 6.07) is 5.45. The fourth-order valence-corrected chi connectivity index (χ4v) is 1.95. The lowest BCUT2D eigenvalue weighted by atomic mass is 10.4. The van der Waals surface area contributed by atoms with Crippen LogP contribution in [0.25, 0.3) is 0 Å². The van der Waals surface area contributed by atoms with E-state index >= 15 is 0 Å². The van der Waals surface area contributed by atoms with Crippen molar-refractivity contribution >= 4 is 35.0 Å². The molecule has 1 nitrogen and oxygen atoms in total. The first kappa shape index (κ1) is 11.2. The van der Waals surface area contributed by atoms with Crippen LogP contribution in [0.4, 0.5) is 0 Å². The summed E-state index contributed by atoms with van der Waals surface area (Å²) in [5.74, 6) is 0.665. The van der Waals surface area contributed by atoms with Crippen LogP contribution < -0.4 is 0 Å². The Morgan fingerprint density at radius 3 is 2.62 bits per heavy atom. The molecule has 1 aromatic rings. The Hall–Kier alpha value is 0.110. The third kappa shape index (κ3) is 3.77. The Labute approximate surface area is 92.1 Å². The van der Waals surface area contributed by atoms with Gasteiger partial charge in [0.15, 0.2) is 0 Å². The van der Waals surface area contributed by atoms with Gasteiger partial charge in [-0.1, -0.05) is 23.2 Å². The van der Waals surface area contributed by atoms with Crippen LogP contribution in [0.2, 0.25) is 10.0 Å². The molecular weight excluding hydrogens is 227 g/mol. The zero-order valence-electron chi connectivity index (χ0n) is 7.13. The van der Waals surface area contributed by atoms with Gasteiger partial charge < -0.3 is 5.11 Å². The topological polar surface area (TPSA) is 20.2 Å². The minimum Gasteiger partial charge on any atom is -0.393 e. The molecule has 0 heterocycles. The minimum absolute atomic E-state index is 0.306. The van der Waals surface area contributed by atoms with Crippen molar-refractivity contribution < 1.29 is 5.11 Å². The van der Waals surface area contributed by atoms with E-state index in [1.807, 2.05) is 6.07 Å². The predicted octanol–water partition coefficient (Wildman–Crippen LogP) is 3.47. The molecule has 0 radical (unpaired) electrons. The van der Waals surface area contributed by atoms with E-state index in [9.17, 15) is 0 Å². The highest BCUT2D eigenvalue weighted by Gasteiger charge is 2.01. The van der Waals surface area contributed by atoms with Crippen molar-refractivity contribution in [1.29, 1.82) is 0 Å². The number of halogens is 2. The number of hydrogen-bond donors (Lipinski definition) is 1. The molecule has 4 heteroatoms. The standard InChI is InChI=1S/C9H10Cl2OS/c1-6(12)5-13-7-2-3-8(10)9(11)4-7/h2-4,6,12H,5H2,1H3/t6-/m1/s1. The van der Waals surface area contributed by atoms with Crippen molar-refractivity contribution in [1.82, 2.24) is 0 Å². The average Bonchev–Trinajstić information content (AvgIpc) is 2.07. The Balaban J connectivity index is 2.63. The van der Waals surface area contributed by atoms with Crippen LogP contribution in [-0.4, -0.2) is 17.0 Å². The Kier molecular flexibility index (Phi) is 4.39. The molecule has 0 spiro atoms. The number of benzene rings is 1. The molecular formula is C9H10Cl2OS. The molecule has 72 valence electrons. The summed E-state index contributed by atoms with van der Waals surface area (Å²) in [7, 11) is 0. The largest absolute Gasteiger partial charge is 0.393 e. The van der Waals surface area contributed by atoms with Gasteiger partial charge in [-0.3, -0.25) is 0 Å². The quantitative estimate of drug-likeness (QED) is 0.812. The second-order valence-corrected chi connectivity index (χ2v) is 4.64. The van der Waals surface area contributed by atoms with E-state index < -0.39 is 0 Å². The molecule has 0 aliphatic carbocycles. The molecule has 0 saturated carbocycles. The number of aliphatic hydroxyl groups excluding tert-OH is 1. The van der Waals surface area contributed by atoms with E-state index in [4.69, 9.17) is 28.3 Å². The van der Waals surface area contributed by atoms with Crippen molar-refractivity contribution in [2.45, 2.75) is 17.9 Å². The summed E-state index contributed by atoms with van der Waals surface area (Å²) in [6.45, 7) is 1.75. The van der Waals surface area contributed by atoms with Crippen molar-refractivity contribution in [2.24, 2.45) is 0 Å². The third-order valence-corrected chi connectivity index (χ3v) is 3.36. The van der Waals surface area contributed by atoms with Gasteiger partial charge in [-0.2, -0.15) is 0 Å². The van der Waals surface area contributed by atoms with Crippen LogP contribution in [0.15, 0.2) is 23.1 Å². The number of aliphatic hydroxyl groups is 1. The lowest BCUT2D eigenvalue weighted by Crippen LogP contribution is -2.02.